The van der Waals surface area contributed by atoms with E-state index in [1.165, 1.54) is 23.5 Å². The predicted octanol–water partition coefficient (Wildman–Crippen LogP) is 0.795. The Morgan fingerprint density at radius 1 is 1.12 bits per heavy atom. The van der Waals surface area contributed by atoms with Crippen molar-refractivity contribution in [1.82, 2.24) is 29.7 Å². The summed E-state index contributed by atoms with van der Waals surface area (Å²) in [4.78, 5) is 45.9. The second-order valence-corrected chi connectivity index (χ2v) is 6.23. The normalized spacial score (nSPS) is 19.7. The number of carbonyl (C=O) groups is 2. The highest BCUT2D eigenvalue weighted by molar-refractivity contribution is 5.99. The SMILES string of the molecule is Cc1ncc(C(=O)N2CCC[C@]2(C(=O)N(C)C)c2cnccn2)cn1. The highest BCUT2D eigenvalue weighted by atomic mass is 16.2. The third-order valence-corrected chi connectivity index (χ3v) is 4.40. The van der Waals surface area contributed by atoms with Gasteiger partial charge in [0.15, 0.2) is 5.54 Å². The summed E-state index contributed by atoms with van der Waals surface area (Å²) in [5.74, 6) is 0.118. The van der Waals surface area contributed by atoms with Crippen LogP contribution in [0.25, 0.3) is 0 Å². The molecule has 1 fully saturated rings. The van der Waals surface area contributed by atoms with Crippen molar-refractivity contribution in [2.75, 3.05) is 20.6 Å². The molecule has 130 valence electrons. The van der Waals surface area contributed by atoms with Gasteiger partial charge in [0.1, 0.15) is 5.82 Å². The molecule has 0 aromatic carbocycles. The van der Waals surface area contributed by atoms with Crippen molar-refractivity contribution in [3.8, 4) is 0 Å². The molecule has 0 N–H and O–H groups in total. The van der Waals surface area contributed by atoms with Crippen LogP contribution in [0.4, 0.5) is 0 Å². The highest BCUT2D eigenvalue weighted by Gasteiger charge is 2.53. The number of amides is 2. The van der Waals surface area contributed by atoms with E-state index < -0.39 is 5.54 Å². The molecule has 8 heteroatoms. The molecule has 2 aromatic rings. The summed E-state index contributed by atoms with van der Waals surface area (Å²) in [6, 6.07) is 0. The smallest absolute Gasteiger partial charge is 0.258 e. The number of hydrogen-bond donors (Lipinski definition) is 0. The number of hydrogen-bond acceptors (Lipinski definition) is 6. The van der Waals surface area contributed by atoms with Gasteiger partial charge in [-0.15, -0.1) is 0 Å². The van der Waals surface area contributed by atoms with Crippen LogP contribution < -0.4 is 0 Å². The van der Waals surface area contributed by atoms with Crippen molar-refractivity contribution < 1.29 is 9.59 Å². The zero-order valence-corrected chi connectivity index (χ0v) is 14.5. The van der Waals surface area contributed by atoms with Crippen LogP contribution in [0.2, 0.25) is 0 Å². The minimum absolute atomic E-state index is 0.188. The molecule has 0 unspecified atom stereocenters. The molecular formula is C17H20N6O2. The lowest BCUT2D eigenvalue weighted by molar-refractivity contribution is -0.140. The van der Waals surface area contributed by atoms with Gasteiger partial charge in [-0.1, -0.05) is 0 Å². The number of carbonyl (C=O) groups excluding carboxylic acids is 2. The van der Waals surface area contributed by atoms with Gasteiger partial charge in [-0.3, -0.25) is 19.6 Å². The number of nitrogens with zero attached hydrogens (tertiary/aromatic N) is 6. The summed E-state index contributed by atoms with van der Waals surface area (Å²) < 4.78 is 0. The predicted molar refractivity (Wildman–Crippen MR) is 89.4 cm³/mol. The van der Waals surface area contributed by atoms with E-state index in [4.69, 9.17) is 0 Å². The molecule has 1 atom stereocenters. The van der Waals surface area contributed by atoms with E-state index in [1.54, 1.807) is 38.3 Å². The van der Waals surface area contributed by atoms with Crippen LogP contribution >= 0.6 is 0 Å². The molecular weight excluding hydrogens is 320 g/mol. The van der Waals surface area contributed by atoms with Gasteiger partial charge < -0.3 is 9.80 Å². The van der Waals surface area contributed by atoms with E-state index in [2.05, 4.69) is 19.9 Å². The highest BCUT2D eigenvalue weighted by Crippen LogP contribution is 2.40. The summed E-state index contributed by atoms with van der Waals surface area (Å²) >= 11 is 0. The zero-order valence-electron chi connectivity index (χ0n) is 14.5. The Morgan fingerprint density at radius 3 is 2.44 bits per heavy atom. The van der Waals surface area contributed by atoms with Crippen LogP contribution in [0.15, 0.2) is 31.0 Å². The van der Waals surface area contributed by atoms with Crippen LogP contribution in [0.3, 0.4) is 0 Å². The van der Waals surface area contributed by atoms with Crippen LogP contribution in [0.1, 0.15) is 34.7 Å². The Kier molecular flexibility index (Phi) is 4.43. The van der Waals surface area contributed by atoms with Gasteiger partial charge in [-0.2, -0.15) is 0 Å². The molecule has 1 aliphatic rings. The third kappa shape index (κ3) is 2.84. The van der Waals surface area contributed by atoms with Crippen LogP contribution in [0.5, 0.6) is 0 Å². The fourth-order valence-electron chi connectivity index (χ4n) is 3.23. The largest absolute Gasteiger partial charge is 0.346 e. The molecule has 3 rings (SSSR count). The minimum atomic E-state index is -1.15. The lowest BCUT2D eigenvalue weighted by atomic mass is 9.90. The zero-order chi connectivity index (χ0) is 18.0. The van der Waals surface area contributed by atoms with E-state index >= 15 is 0 Å². The van der Waals surface area contributed by atoms with Crippen LogP contribution in [-0.4, -0.2) is 62.2 Å². The van der Waals surface area contributed by atoms with Crippen molar-refractivity contribution in [2.45, 2.75) is 25.3 Å². The minimum Gasteiger partial charge on any atom is -0.346 e. The lowest BCUT2D eigenvalue weighted by Crippen LogP contribution is -2.55. The first-order chi connectivity index (χ1) is 12.0. The second-order valence-electron chi connectivity index (χ2n) is 6.23. The van der Waals surface area contributed by atoms with Gasteiger partial charge in [-0.25, -0.2) is 9.97 Å². The molecule has 0 radical (unpaired) electrons. The fraction of sp³-hybridized carbons (Fsp3) is 0.412. The summed E-state index contributed by atoms with van der Waals surface area (Å²) in [6.45, 7) is 2.21. The molecule has 8 nitrogen and oxygen atoms in total. The monoisotopic (exact) mass is 340 g/mol. The maximum atomic E-state index is 13.1. The number of likely N-dealkylation sites (N-methyl/N-ethyl adjacent to an activating group) is 1. The summed E-state index contributed by atoms with van der Waals surface area (Å²) in [5.41, 5.74) is -0.320. The first kappa shape index (κ1) is 16.9. The van der Waals surface area contributed by atoms with Crippen LogP contribution in [-0.2, 0) is 10.3 Å². The van der Waals surface area contributed by atoms with Crippen molar-refractivity contribution in [3.05, 3.63) is 48.1 Å². The quantitative estimate of drug-likeness (QED) is 0.820. The van der Waals surface area contributed by atoms with E-state index in [0.29, 0.717) is 36.5 Å². The van der Waals surface area contributed by atoms with Gasteiger partial charge in [0.2, 0.25) is 0 Å². The molecule has 2 amide bonds. The van der Waals surface area contributed by atoms with Gasteiger partial charge >= 0.3 is 0 Å². The third-order valence-electron chi connectivity index (χ3n) is 4.40. The molecule has 0 saturated carbocycles. The molecule has 25 heavy (non-hydrogen) atoms. The molecule has 0 aliphatic carbocycles. The number of likely N-dealkylation sites (tertiary alicyclic amines) is 1. The maximum absolute atomic E-state index is 13.1. The van der Waals surface area contributed by atoms with Crippen LogP contribution in [0, 0.1) is 6.92 Å². The van der Waals surface area contributed by atoms with Crippen molar-refractivity contribution in [2.24, 2.45) is 0 Å². The second kappa shape index (κ2) is 6.54. The van der Waals surface area contributed by atoms with Gasteiger partial charge in [0.05, 0.1) is 17.5 Å². The Morgan fingerprint density at radius 2 is 1.84 bits per heavy atom. The van der Waals surface area contributed by atoms with E-state index in [0.717, 1.165) is 0 Å². The fourth-order valence-corrected chi connectivity index (χ4v) is 3.23. The Bertz CT molecular complexity index is 777. The summed E-state index contributed by atoms with van der Waals surface area (Å²) in [5, 5.41) is 0. The molecule has 0 spiro atoms. The van der Waals surface area contributed by atoms with E-state index in [-0.39, 0.29) is 11.8 Å². The van der Waals surface area contributed by atoms with Crippen molar-refractivity contribution in [3.63, 3.8) is 0 Å². The molecule has 3 heterocycles. The topological polar surface area (TPSA) is 92.2 Å². The molecule has 1 aliphatic heterocycles. The average Bonchev–Trinajstić information content (AvgIpc) is 3.07. The first-order valence-electron chi connectivity index (χ1n) is 8.05. The standard InChI is InChI=1S/C17H20N6O2/c1-12-20-9-13(10-21-12)15(24)23-8-4-5-17(23,16(25)22(2)3)14-11-18-6-7-19-14/h6-7,9-11H,4-5,8H2,1-3H3/t17-/m1/s1. The van der Waals surface area contributed by atoms with Gasteiger partial charge in [0.25, 0.3) is 11.8 Å². The number of aromatic nitrogens is 4. The number of rotatable bonds is 3. The summed E-state index contributed by atoms with van der Waals surface area (Å²) in [7, 11) is 3.35. The Labute approximate surface area is 145 Å². The maximum Gasteiger partial charge on any atom is 0.258 e. The van der Waals surface area contributed by atoms with Crippen molar-refractivity contribution >= 4 is 11.8 Å². The van der Waals surface area contributed by atoms with E-state index in [9.17, 15) is 9.59 Å². The molecule has 0 bridgehead atoms. The van der Waals surface area contributed by atoms with E-state index in [1.807, 2.05) is 0 Å². The van der Waals surface area contributed by atoms with Gasteiger partial charge in [0, 0.05) is 45.4 Å². The number of aryl methyl sites for hydroxylation is 1. The average molecular weight is 340 g/mol. The molecule has 2 aromatic heterocycles. The summed E-state index contributed by atoms with van der Waals surface area (Å²) in [6.07, 6.45) is 8.83. The van der Waals surface area contributed by atoms with Crippen molar-refractivity contribution in [1.29, 1.82) is 0 Å². The Hall–Kier alpha value is -2.90. The van der Waals surface area contributed by atoms with Gasteiger partial charge in [-0.05, 0) is 19.8 Å². The lowest BCUT2D eigenvalue weighted by Gasteiger charge is -2.38. The Balaban J connectivity index is 2.09. The first-order valence-corrected chi connectivity index (χ1v) is 8.05. The molecule has 1 saturated heterocycles.